The second kappa shape index (κ2) is 6.65. The van der Waals surface area contributed by atoms with Gasteiger partial charge in [0.1, 0.15) is 11.8 Å². The van der Waals surface area contributed by atoms with Crippen LogP contribution in [0.15, 0.2) is 18.2 Å². The molecule has 0 radical (unpaired) electrons. The Labute approximate surface area is 132 Å². The summed E-state index contributed by atoms with van der Waals surface area (Å²) in [5.41, 5.74) is 7.97. The van der Waals surface area contributed by atoms with Gasteiger partial charge >= 0.3 is 0 Å². The number of nitrogens with zero attached hydrogens (tertiary/aromatic N) is 2. The molecule has 5 heteroatoms. The van der Waals surface area contributed by atoms with E-state index in [2.05, 4.69) is 11.0 Å². The fourth-order valence-corrected chi connectivity index (χ4v) is 3.71. The molecule has 1 saturated carbocycles. The summed E-state index contributed by atoms with van der Waals surface area (Å²) in [5.74, 6) is 2.13. The highest BCUT2D eigenvalue weighted by molar-refractivity contribution is 5.85. The minimum atomic E-state index is 0. The fourth-order valence-electron chi connectivity index (χ4n) is 3.71. The number of fused-ring (bicyclic) bond motifs is 1. The molecule has 114 valence electrons. The van der Waals surface area contributed by atoms with Crippen molar-refractivity contribution in [3.63, 3.8) is 0 Å². The minimum absolute atomic E-state index is 0. The molecule has 3 atom stereocenters. The third-order valence-corrected chi connectivity index (χ3v) is 4.78. The Bertz CT molecular complexity index is 543. The average Bonchev–Trinajstić information content (AvgIpc) is 3.01. The van der Waals surface area contributed by atoms with Crippen molar-refractivity contribution in [3.05, 3.63) is 29.3 Å². The predicted molar refractivity (Wildman–Crippen MR) is 84.4 cm³/mol. The highest BCUT2D eigenvalue weighted by Crippen LogP contribution is 2.37. The van der Waals surface area contributed by atoms with Gasteiger partial charge in [0.05, 0.1) is 12.7 Å². The Morgan fingerprint density at radius 2 is 2.19 bits per heavy atom. The zero-order valence-corrected chi connectivity index (χ0v) is 13.1. The Hall–Kier alpha value is -1.28. The van der Waals surface area contributed by atoms with Crippen molar-refractivity contribution in [1.82, 2.24) is 4.90 Å². The van der Waals surface area contributed by atoms with E-state index in [9.17, 15) is 0 Å². The van der Waals surface area contributed by atoms with E-state index in [0.717, 1.165) is 25.6 Å². The second-order valence-corrected chi connectivity index (χ2v) is 6.01. The first kappa shape index (κ1) is 16.1. The second-order valence-electron chi connectivity index (χ2n) is 6.01. The SMILES string of the molecule is COc1cc(CN2CC3CCC(N)C3C2)ccc1C#N.Cl. The van der Waals surface area contributed by atoms with Gasteiger partial charge in [0.15, 0.2) is 0 Å². The van der Waals surface area contributed by atoms with E-state index in [4.69, 9.17) is 15.7 Å². The monoisotopic (exact) mass is 307 g/mol. The van der Waals surface area contributed by atoms with E-state index in [1.165, 1.54) is 18.4 Å². The number of hydrogen-bond donors (Lipinski definition) is 1. The molecule has 2 aliphatic rings. The fraction of sp³-hybridized carbons (Fsp3) is 0.562. The van der Waals surface area contributed by atoms with Gasteiger partial charge < -0.3 is 10.5 Å². The third kappa shape index (κ3) is 3.16. The van der Waals surface area contributed by atoms with Crippen LogP contribution in [0.1, 0.15) is 24.0 Å². The highest BCUT2D eigenvalue weighted by atomic mass is 35.5. The van der Waals surface area contributed by atoms with Crippen molar-refractivity contribution in [3.8, 4) is 11.8 Å². The molecule has 3 unspecified atom stereocenters. The predicted octanol–water partition coefficient (Wildman–Crippen LogP) is 2.16. The van der Waals surface area contributed by atoms with Gasteiger partial charge in [-0.05, 0) is 42.4 Å². The lowest BCUT2D eigenvalue weighted by Gasteiger charge is -2.18. The van der Waals surface area contributed by atoms with Crippen molar-refractivity contribution in [2.45, 2.75) is 25.4 Å². The van der Waals surface area contributed by atoms with Gasteiger partial charge in [-0.3, -0.25) is 4.90 Å². The topological polar surface area (TPSA) is 62.3 Å². The van der Waals surface area contributed by atoms with Crippen LogP contribution < -0.4 is 10.5 Å². The maximum Gasteiger partial charge on any atom is 0.136 e. The Balaban J connectivity index is 0.00000161. The van der Waals surface area contributed by atoms with Gasteiger partial charge in [0.25, 0.3) is 0 Å². The molecule has 0 aromatic heterocycles. The Morgan fingerprint density at radius 3 is 2.86 bits per heavy atom. The van der Waals surface area contributed by atoms with Crippen LogP contribution in [0.2, 0.25) is 0 Å². The van der Waals surface area contributed by atoms with E-state index in [-0.39, 0.29) is 12.4 Å². The summed E-state index contributed by atoms with van der Waals surface area (Å²) in [4.78, 5) is 2.48. The lowest BCUT2D eigenvalue weighted by Crippen LogP contribution is -2.30. The van der Waals surface area contributed by atoms with E-state index in [1.54, 1.807) is 7.11 Å². The molecule has 3 rings (SSSR count). The number of halogens is 1. The Kier molecular flexibility index (Phi) is 5.10. The van der Waals surface area contributed by atoms with Gasteiger partial charge in [0.2, 0.25) is 0 Å². The van der Waals surface area contributed by atoms with Gasteiger partial charge in [0, 0.05) is 25.7 Å². The van der Waals surface area contributed by atoms with Gasteiger partial charge in [-0.1, -0.05) is 6.07 Å². The van der Waals surface area contributed by atoms with Gasteiger partial charge in [-0.2, -0.15) is 5.26 Å². The molecule has 1 saturated heterocycles. The van der Waals surface area contributed by atoms with Crippen molar-refractivity contribution in [2.75, 3.05) is 20.2 Å². The number of methoxy groups -OCH3 is 1. The van der Waals surface area contributed by atoms with Crippen LogP contribution in [0.25, 0.3) is 0 Å². The maximum absolute atomic E-state index is 9.01. The number of nitrogens with two attached hydrogens (primary N) is 1. The summed E-state index contributed by atoms with van der Waals surface area (Å²) in [6, 6.07) is 8.39. The summed E-state index contributed by atoms with van der Waals surface area (Å²) in [5, 5.41) is 9.01. The molecule has 0 spiro atoms. The molecule has 21 heavy (non-hydrogen) atoms. The first-order valence-electron chi connectivity index (χ1n) is 7.26. The molecule has 1 aromatic carbocycles. The molecule has 2 fully saturated rings. The summed E-state index contributed by atoms with van der Waals surface area (Å²) in [6.45, 7) is 3.18. The number of benzene rings is 1. The van der Waals surface area contributed by atoms with E-state index < -0.39 is 0 Å². The molecule has 4 nitrogen and oxygen atoms in total. The van der Waals surface area contributed by atoms with Crippen molar-refractivity contribution >= 4 is 12.4 Å². The number of hydrogen-bond acceptors (Lipinski definition) is 4. The third-order valence-electron chi connectivity index (χ3n) is 4.78. The number of ether oxygens (including phenoxy) is 1. The van der Waals surface area contributed by atoms with Gasteiger partial charge in [-0.25, -0.2) is 0 Å². The lowest BCUT2D eigenvalue weighted by molar-refractivity contribution is 0.297. The summed E-state index contributed by atoms with van der Waals surface area (Å²) in [6.07, 6.45) is 2.47. The minimum Gasteiger partial charge on any atom is -0.495 e. The van der Waals surface area contributed by atoms with Crippen LogP contribution in [0.4, 0.5) is 0 Å². The molecule has 0 bridgehead atoms. The normalized spacial score (nSPS) is 27.8. The summed E-state index contributed by atoms with van der Waals surface area (Å²) in [7, 11) is 1.61. The molecule has 1 aromatic rings. The molecular weight excluding hydrogens is 286 g/mol. The van der Waals surface area contributed by atoms with Crippen LogP contribution in [0.3, 0.4) is 0 Å². The highest BCUT2D eigenvalue weighted by Gasteiger charge is 2.40. The lowest BCUT2D eigenvalue weighted by atomic mass is 9.98. The summed E-state index contributed by atoms with van der Waals surface area (Å²) >= 11 is 0. The van der Waals surface area contributed by atoms with Crippen LogP contribution in [0, 0.1) is 23.2 Å². The smallest absolute Gasteiger partial charge is 0.136 e. The van der Waals surface area contributed by atoms with Crippen LogP contribution >= 0.6 is 12.4 Å². The maximum atomic E-state index is 9.01. The number of likely N-dealkylation sites (tertiary alicyclic amines) is 1. The molecule has 1 aliphatic heterocycles. The molecular formula is C16H22ClN3O. The quantitative estimate of drug-likeness (QED) is 0.929. The average molecular weight is 308 g/mol. The van der Waals surface area contributed by atoms with Crippen molar-refractivity contribution in [1.29, 1.82) is 5.26 Å². The van der Waals surface area contributed by atoms with Crippen LogP contribution in [-0.2, 0) is 6.54 Å². The van der Waals surface area contributed by atoms with Crippen molar-refractivity contribution in [2.24, 2.45) is 17.6 Å². The molecule has 2 N–H and O–H groups in total. The van der Waals surface area contributed by atoms with E-state index >= 15 is 0 Å². The first-order chi connectivity index (χ1) is 9.71. The summed E-state index contributed by atoms with van der Waals surface area (Å²) < 4.78 is 5.27. The zero-order valence-electron chi connectivity index (χ0n) is 12.3. The standard InChI is InChI=1S/C16H21N3O.ClH/c1-20-16-6-11(2-3-12(16)7-17)8-19-9-13-4-5-15(18)14(13)10-19;/h2-3,6,13-15H,4-5,8-10,18H2,1H3;1H. The van der Waals surface area contributed by atoms with Crippen molar-refractivity contribution < 1.29 is 4.74 Å². The van der Waals surface area contributed by atoms with Crippen LogP contribution in [0.5, 0.6) is 5.75 Å². The number of nitriles is 1. The molecule has 1 aliphatic carbocycles. The largest absolute Gasteiger partial charge is 0.495 e. The molecule has 1 heterocycles. The van der Waals surface area contributed by atoms with E-state index in [1.807, 2.05) is 18.2 Å². The van der Waals surface area contributed by atoms with E-state index in [0.29, 0.717) is 23.3 Å². The zero-order chi connectivity index (χ0) is 14.1. The van der Waals surface area contributed by atoms with Crippen LogP contribution in [-0.4, -0.2) is 31.1 Å². The van der Waals surface area contributed by atoms with Gasteiger partial charge in [-0.15, -0.1) is 12.4 Å². The molecule has 0 amide bonds. The number of rotatable bonds is 3. The first-order valence-corrected chi connectivity index (χ1v) is 7.26. The Morgan fingerprint density at radius 1 is 1.38 bits per heavy atom.